The van der Waals surface area contributed by atoms with Crippen molar-refractivity contribution in [3.63, 3.8) is 0 Å². The molecular formula is HCrLiMnNiO. The molecule has 0 N–H and O–H groups in total. The fourth-order valence-electron chi connectivity index (χ4n) is 0. The van der Waals surface area contributed by atoms with Crippen LogP contribution in [0.4, 0.5) is 0 Å². The summed E-state index contributed by atoms with van der Waals surface area (Å²) < 4.78 is 8.06. The maximum absolute atomic E-state index is 8.06. The molecule has 0 bridgehead atoms. The van der Waals surface area contributed by atoms with Crippen LogP contribution in [-0.4, -0.2) is 0 Å². The Kier molecular flexibility index (Phi) is 218. The van der Waals surface area contributed by atoms with Gasteiger partial charge in [0.25, 0.3) is 0 Å². The summed E-state index contributed by atoms with van der Waals surface area (Å²) in [6.45, 7) is 0. The van der Waals surface area contributed by atoms with E-state index in [4.69, 9.17) is 3.83 Å². The van der Waals surface area contributed by atoms with Crippen molar-refractivity contribution in [2.24, 2.45) is 0 Å². The van der Waals surface area contributed by atoms with Crippen molar-refractivity contribution in [2.75, 3.05) is 0 Å². The average Bonchev–Trinajstić information content (AvgIpc) is 1.00. The van der Waals surface area contributed by atoms with Crippen LogP contribution in [0.5, 0.6) is 0 Å². The monoisotopic (exact) mass is 189 g/mol. The Morgan fingerprint density at radius 3 is 1.40 bits per heavy atom. The summed E-state index contributed by atoms with van der Waals surface area (Å²) in [7, 11) is 0. The molecule has 0 aliphatic heterocycles. The van der Waals surface area contributed by atoms with Gasteiger partial charge >= 0.3 is 38.6 Å². The molecule has 0 rings (SSSR count). The van der Waals surface area contributed by atoms with Crippen molar-refractivity contribution in [3.8, 4) is 0 Å². The van der Waals surface area contributed by atoms with Crippen molar-refractivity contribution in [2.45, 2.75) is 0 Å². The van der Waals surface area contributed by atoms with E-state index in [1.807, 2.05) is 0 Å². The van der Waals surface area contributed by atoms with E-state index in [2.05, 4.69) is 0 Å². The van der Waals surface area contributed by atoms with Crippen LogP contribution in [0.2, 0.25) is 0 Å². The van der Waals surface area contributed by atoms with E-state index in [-0.39, 0.29) is 54.1 Å². The summed E-state index contributed by atoms with van der Waals surface area (Å²) in [5.41, 5.74) is 0. The van der Waals surface area contributed by atoms with E-state index >= 15 is 0 Å². The van der Waals surface area contributed by atoms with E-state index in [1.54, 1.807) is 15.9 Å². The quantitative estimate of drug-likeness (QED) is 0.371. The summed E-state index contributed by atoms with van der Waals surface area (Å²) in [5, 5.41) is 0. The Morgan fingerprint density at radius 2 is 1.40 bits per heavy atom. The molecule has 5 heteroatoms. The van der Waals surface area contributed by atoms with Gasteiger partial charge < -0.3 is 1.43 Å². The molecule has 0 aromatic heterocycles. The van der Waals surface area contributed by atoms with Crippen LogP contribution in [0.1, 0.15) is 1.43 Å². The van der Waals surface area contributed by atoms with Gasteiger partial charge in [0, 0.05) is 33.9 Å². The van der Waals surface area contributed by atoms with Crippen molar-refractivity contribution >= 4 is 0 Å². The van der Waals surface area contributed by atoms with Crippen LogP contribution in [-0.2, 0) is 53.6 Å². The number of rotatable bonds is 0. The normalized spacial score (nSPS) is 0.800. The standard InChI is InChI=1S/Cr.Li.Mn.Ni.O.H/q;+1;;;;-1. The van der Waals surface area contributed by atoms with Gasteiger partial charge in [-0.05, 0) is 0 Å². The molecule has 0 saturated heterocycles. The average molecular weight is 190 g/mol. The summed E-state index contributed by atoms with van der Waals surface area (Å²) in [6, 6.07) is 0. The van der Waals surface area contributed by atoms with Crippen LogP contribution in [0.15, 0.2) is 0 Å². The molecule has 0 aliphatic carbocycles. The Balaban J connectivity index is -0.000000000833. The zero-order chi connectivity index (χ0) is 2.00. The maximum atomic E-state index is 8.06. The fourth-order valence-corrected chi connectivity index (χ4v) is 0. The molecule has 0 heterocycles. The van der Waals surface area contributed by atoms with Gasteiger partial charge in [-0.1, -0.05) is 0 Å². The van der Waals surface area contributed by atoms with Crippen LogP contribution in [0.25, 0.3) is 0 Å². The molecule has 0 fully saturated rings. The van der Waals surface area contributed by atoms with Crippen LogP contribution in [0.3, 0.4) is 0 Å². The minimum atomic E-state index is 0. The molecule has 0 aromatic carbocycles. The summed E-state index contributed by atoms with van der Waals surface area (Å²) in [6.07, 6.45) is 0. The van der Waals surface area contributed by atoms with Crippen molar-refractivity contribution in [1.82, 2.24) is 0 Å². The zero-order valence-electron chi connectivity index (χ0n) is 3.51. The predicted octanol–water partition coefficient (Wildman–Crippen LogP) is -3.01. The molecule has 0 amide bonds. The Hall–Kier alpha value is 1.94. The van der Waals surface area contributed by atoms with E-state index < -0.39 is 0 Å². The van der Waals surface area contributed by atoms with E-state index in [9.17, 15) is 0 Å². The Labute approximate surface area is 73.4 Å². The second kappa shape index (κ2) is 38.5. The van der Waals surface area contributed by atoms with E-state index in [0.717, 1.165) is 0 Å². The van der Waals surface area contributed by atoms with Gasteiger partial charge in [0.2, 0.25) is 0 Å². The molecule has 31 valence electrons. The van der Waals surface area contributed by atoms with Crippen molar-refractivity contribution in [3.05, 3.63) is 0 Å². The van der Waals surface area contributed by atoms with Gasteiger partial charge in [-0.15, -0.1) is 0 Å². The zero-order valence-corrected chi connectivity index (χ0v) is 5.95. The number of hydrogen-bond acceptors (Lipinski definition) is 1. The summed E-state index contributed by atoms with van der Waals surface area (Å²) in [4.78, 5) is 0. The Bertz CT molecular complexity index is 15.5. The Morgan fingerprint density at radius 1 is 1.40 bits per heavy atom. The second-order valence-corrected chi connectivity index (χ2v) is 0. The van der Waals surface area contributed by atoms with Crippen molar-refractivity contribution in [1.29, 1.82) is 0 Å². The summed E-state index contributed by atoms with van der Waals surface area (Å²) >= 11 is 1.69. The number of hydrogen-bond donors (Lipinski definition) is 0. The first-order valence-corrected chi connectivity index (χ1v) is 0.636. The molecule has 0 aliphatic rings. The van der Waals surface area contributed by atoms with Crippen LogP contribution >= 0.6 is 0 Å². The summed E-state index contributed by atoms with van der Waals surface area (Å²) in [5.74, 6) is 0. The van der Waals surface area contributed by atoms with Gasteiger partial charge in [0.1, 0.15) is 0 Å². The van der Waals surface area contributed by atoms with Gasteiger partial charge in [-0.3, -0.25) is 0 Å². The first-order valence-electron chi connectivity index (χ1n) is 0.154. The molecule has 5 heavy (non-hydrogen) atoms. The van der Waals surface area contributed by atoms with E-state index in [1.165, 1.54) is 0 Å². The van der Waals surface area contributed by atoms with Crippen LogP contribution in [0, 0.1) is 0 Å². The first kappa shape index (κ1) is 28.3. The molecule has 0 saturated carbocycles. The molecule has 0 spiro atoms. The van der Waals surface area contributed by atoms with Gasteiger partial charge in [-0.2, -0.15) is 0 Å². The molecule has 1 nitrogen and oxygen atoms in total. The first-order chi connectivity index (χ1) is 1.00. The molecule has 0 radical (unpaired) electrons. The van der Waals surface area contributed by atoms with Gasteiger partial charge in [0.15, 0.2) is 0 Å². The predicted molar refractivity (Wildman–Crippen MR) is 1.80 cm³/mol. The topological polar surface area (TPSA) is 17.1 Å². The van der Waals surface area contributed by atoms with E-state index in [0.29, 0.717) is 0 Å². The van der Waals surface area contributed by atoms with Crippen LogP contribution < -0.4 is 18.9 Å². The van der Waals surface area contributed by atoms with Crippen molar-refractivity contribution < 1.29 is 73.9 Å². The molecule has 0 aromatic rings. The third-order valence-corrected chi connectivity index (χ3v) is 0. The fraction of sp³-hybridized carbons (Fsp3) is 0. The minimum absolute atomic E-state index is 0. The molecule has 0 atom stereocenters. The molecule has 0 unspecified atom stereocenters. The third kappa shape index (κ3) is 24.5. The molecular weight excluding hydrogens is 189 g/mol. The SMILES string of the molecule is [Cr].[H-].[Li+].[Ni].[O]=[Mn]. The third-order valence-electron chi connectivity index (χ3n) is 0. The second-order valence-electron chi connectivity index (χ2n) is 0. The van der Waals surface area contributed by atoms with Gasteiger partial charge in [0.05, 0.1) is 0 Å². The van der Waals surface area contributed by atoms with Gasteiger partial charge in [-0.25, -0.2) is 0 Å².